The molecule has 6 heteroatoms. The third kappa shape index (κ3) is 2.01. The van der Waals surface area contributed by atoms with Gasteiger partial charge in [0.15, 0.2) is 5.65 Å². The molecule has 0 atom stereocenters. The Kier molecular flexibility index (Phi) is 2.20. The fraction of sp³-hybridized carbons (Fsp3) is 0.231. The minimum absolute atomic E-state index is 0.592. The third-order valence-electron chi connectivity index (χ3n) is 3.17. The molecule has 0 aromatic carbocycles. The molecule has 0 radical (unpaired) electrons. The maximum atomic E-state index is 4.41. The van der Waals surface area contributed by atoms with Crippen molar-refractivity contribution >= 4 is 11.5 Å². The highest BCUT2D eigenvalue weighted by molar-refractivity contribution is 5.65. The van der Waals surface area contributed by atoms with Gasteiger partial charge in [-0.2, -0.15) is 0 Å². The number of hydrogen-bond donors (Lipinski definition) is 1. The normalized spacial score (nSPS) is 14.7. The zero-order chi connectivity index (χ0) is 12.7. The van der Waals surface area contributed by atoms with Gasteiger partial charge in [0, 0.05) is 23.9 Å². The second-order valence-corrected chi connectivity index (χ2v) is 4.72. The molecule has 3 aromatic heterocycles. The van der Waals surface area contributed by atoms with Gasteiger partial charge in [-0.3, -0.25) is 4.40 Å². The topological polar surface area (TPSA) is 68.0 Å². The zero-order valence-electron chi connectivity index (χ0n) is 10.2. The Labute approximate surface area is 109 Å². The van der Waals surface area contributed by atoms with Gasteiger partial charge < -0.3 is 5.32 Å². The molecule has 0 bridgehead atoms. The van der Waals surface area contributed by atoms with Crippen LogP contribution in [0.2, 0.25) is 0 Å². The standard InChI is InChI=1S/C13H12N6/c1-2-10(1)17-12-5-9(3-4-14-12)11-6-13-18-16-8-19(13)7-15-11/h3-8,10H,1-2H2,(H,14,17). The third-order valence-corrected chi connectivity index (χ3v) is 3.17. The molecule has 3 heterocycles. The van der Waals surface area contributed by atoms with Gasteiger partial charge in [0.1, 0.15) is 18.5 Å². The van der Waals surface area contributed by atoms with Gasteiger partial charge in [0.2, 0.25) is 0 Å². The lowest BCUT2D eigenvalue weighted by atomic mass is 10.2. The molecule has 1 N–H and O–H groups in total. The summed E-state index contributed by atoms with van der Waals surface area (Å²) in [7, 11) is 0. The number of nitrogens with zero attached hydrogens (tertiary/aromatic N) is 5. The van der Waals surface area contributed by atoms with E-state index in [1.165, 1.54) is 12.8 Å². The average molecular weight is 252 g/mol. The molecular weight excluding hydrogens is 240 g/mol. The van der Waals surface area contributed by atoms with Crippen LogP contribution in [0.25, 0.3) is 16.9 Å². The molecule has 1 aliphatic carbocycles. The SMILES string of the molecule is c1cc(-c2cc3nncn3cn2)cc(NC2CC2)n1. The molecule has 19 heavy (non-hydrogen) atoms. The quantitative estimate of drug-likeness (QED) is 0.769. The van der Waals surface area contributed by atoms with E-state index in [9.17, 15) is 0 Å². The summed E-state index contributed by atoms with van der Waals surface area (Å²) >= 11 is 0. The molecule has 1 saturated carbocycles. The fourth-order valence-corrected chi connectivity index (χ4v) is 1.99. The highest BCUT2D eigenvalue weighted by Crippen LogP contribution is 2.26. The lowest BCUT2D eigenvalue weighted by Gasteiger charge is -2.06. The Hall–Kier alpha value is -2.50. The lowest BCUT2D eigenvalue weighted by Crippen LogP contribution is -2.02. The Bertz CT molecular complexity index is 731. The van der Waals surface area contributed by atoms with Crippen LogP contribution in [0.5, 0.6) is 0 Å². The first kappa shape index (κ1) is 10.4. The van der Waals surface area contributed by atoms with E-state index in [2.05, 4.69) is 25.5 Å². The van der Waals surface area contributed by atoms with E-state index < -0.39 is 0 Å². The zero-order valence-corrected chi connectivity index (χ0v) is 10.2. The van der Waals surface area contributed by atoms with Crippen molar-refractivity contribution in [2.24, 2.45) is 0 Å². The smallest absolute Gasteiger partial charge is 0.163 e. The van der Waals surface area contributed by atoms with E-state index in [1.807, 2.05) is 18.2 Å². The van der Waals surface area contributed by atoms with E-state index in [-0.39, 0.29) is 0 Å². The summed E-state index contributed by atoms with van der Waals surface area (Å²) in [5, 5.41) is 11.3. The summed E-state index contributed by atoms with van der Waals surface area (Å²) in [5.41, 5.74) is 2.70. The van der Waals surface area contributed by atoms with Crippen LogP contribution in [0, 0.1) is 0 Å². The molecule has 6 nitrogen and oxygen atoms in total. The molecule has 94 valence electrons. The molecule has 1 aliphatic rings. The molecule has 1 fully saturated rings. The highest BCUT2D eigenvalue weighted by atomic mass is 15.2. The molecule has 0 aliphatic heterocycles. The molecule has 0 unspecified atom stereocenters. The van der Waals surface area contributed by atoms with E-state index >= 15 is 0 Å². The monoisotopic (exact) mass is 252 g/mol. The Morgan fingerprint density at radius 3 is 3.00 bits per heavy atom. The number of aromatic nitrogens is 5. The lowest BCUT2D eigenvalue weighted by molar-refractivity contribution is 1.07. The molecule has 0 saturated heterocycles. The van der Waals surface area contributed by atoms with Gasteiger partial charge >= 0.3 is 0 Å². The van der Waals surface area contributed by atoms with Crippen molar-refractivity contribution in [3.05, 3.63) is 37.1 Å². The van der Waals surface area contributed by atoms with Gasteiger partial charge in [0.25, 0.3) is 0 Å². The fourth-order valence-electron chi connectivity index (χ4n) is 1.99. The number of nitrogens with one attached hydrogen (secondary N) is 1. The predicted molar refractivity (Wildman–Crippen MR) is 70.7 cm³/mol. The van der Waals surface area contributed by atoms with Crippen LogP contribution in [-0.4, -0.2) is 30.6 Å². The van der Waals surface area contributed by atoms with E-state index in [0.29, 0.717) is 6.04 Å². The number of pyridine rings is 1. The molecule has 3 aromatic rings. The molecular formula is C13H12N6. The van der Waals surface area contributed by atoms with Crippen LogP contribution in [0.3, 0.4) is 0 Å². The number of rotatable bonds is 3. The number of fused-ring (bicyclic) bond motifs is 1. The largest absolute Gasteiger partial charge is 0.367 e. The summed E-state index contributed by atoms with van der Waals surface area (Å²) in [4.78, 5) is 8.74. The van der Waals surface area contributed by atoms with Gasteiger partial charge in [0.05, 0.1) is 5.69 Å². The Morgan fingerprint density at radius 2 is 2.11 bits per heavy atom. The summed E-state index contributed by atoms with van der Waals surface area (Å²) in [6.45, 7) is 0. The van der Waals surface area contributed by atoms with Gasteiger partial charge in [-0.1, -0.05) is 0 Å². The second-order valence-electron chi connectivity index (χ2n) is 4.72. The first-order chi connectivity index (χ1) is 9.38. The van der Waals surface area contributed by atoms with Crippen molar-refractivity contribution in [1.29, 1.82) is 0 Å². The van der Waals surface area contributed by atoms with Crippen molar-refractivity contribution in [3.8, 4) is 11.3 Å². The van der Waals surface area contributed by atoms with E-state index in [4.69, 9.17) is 0 Å². The van der Waals surface area contributed by atoms with E-state index in [1.54, 1.807) is 23.3 Å². The highest BCUT2D eigenvalue weighted by Gasteiger charge is 2.21. The summed E-state index contributed by atoms with van der Waals surface area (Å²) in [5.74, 6) is 0.906. The van der Waals surface area contributed by atoms with Crippen molar-refractivity contribution in [3.63, 3.8) is 0 Å². The summed E-state index contributed by atoms with van der Waals surface area (Å²) < 4.78 is 1.79. The van der Waals surface area contributed by atoms with Crippen molar-refractivity contribution in [2.45, 2.75) is 18.9 Å². The van der Waals surface area contributed by atoms with Gasteiger partial charge in [-0.25, -0.2) is 9.97 Å². The van der Waals surface area contributed by atoms with Crippen LogP contribution in [0.4, 0.5) is 5.82 Å². The van der Waals surface area contributed by atoms with Gasteiger partial charge in [-0.05, 0) is 25.0 Å². The second kappa shape index (κ2) is 4.01. The minimum atomic E-state index is 0.592. The van der Waals surface area contributed by atoms with Crippen LogP contribution < -0.4 is 5.32 Å². The Morgan fingerprint density at radius 1 is 1.16 bits per heavy atom. The van der Waals surface area contributed by atoms with Crippen LogP contribution in [-0.2, 0) is 0 Å². The van der Waals surface area contributed by atoms with Crippen LogP contribution >= 0.6 is 0 Å². The minimum Gasteiger partial charge on any atom is -0.367 e. The average Bonchev–Trinajstić information content (AvgIpc) is 3.13. The van der Waals surface area contributed by atoms with Crippen molar-refractivity contribution in [1.82, 2.24) is 24.6 Å². The number of anilines is 1. The van der Waals surface area contributed by atoms with Crippen LogP contribution in [0.15, 0.2) is 37.1 Å². The number of hydrogen-bond acceptors (Lipinski definition) is 5. The molecule has 0 amide bonds. The molecule has 0 spiro atoms. The van der Waals surface area contributed by atoms with E-state index in [0.717, 1.165) is 22.7 Å². The summed E-state index contributed by atoms with van der Waals surface area (Å²) in [6, 6.07) is 6.49. The summed E-state index contributed by atoms with van der Waals surface area (Å²) in [6.07, 6.45) is 7.62. The first-order valence-corrected chi connectivity index (χ1v) is 6.27. The molecule has 4 rings (SSSR count). The van der Waals surface area contributed by atoms with Gasteiger partial charge in [-0.15, -0.1) is 10.2 Å². The Balaban J connectivity index is 1.73. The predicted octanol–water partition coefficient (Wildman–Crippen LogP) is 1.76. The maximum Gasteiger partial charge on any atom is 0.163 e. The van der Waals surface area contributed by atoms with Crippen molar-refractivity contribution < 1.29 is 0 Å². The van der Waals surface area contributed by atoms with Crippen molar-refractivity contribution in [2.75, 3.05) is 5.32 Å². The first-order valence-electron chi connectivity index (χ1n) is 6.27. The van der Waals surface area contributed by atoms with Crippen LogP contribution in [0.1, 0.15) is 12.8 Å². The maximum absolute atomic E-state index is 4.41.